The van der Waals surface area contributed by atoms with E-state index >= 15 is 0 Å². The van der Waals surface area contributed by atoms with E-state index in [0.29, 0.717) is 13.0 Å². The van der Waals surface area contributed by atoms with Crippen molar-refractivity contribution >= 4 is 22.9 Å². The van der Waals surface area contributed by atoms with Crippen molar-refractivity contribution in [2.24, 2.45) is 0 Å². The molecule has 0 atom stereocenters. The van der Waals surface area contributed by atoms with Crippen LogP contribution in [-0.2, 0) is 17.8 Å². The van der Waals surface area contributed by atoms with Gasteiger partial charge in [0.05, 0.1) is 6.42 Å². The SMILES string of the molecule is CCNC(=O)Cc1ccc(NCc2ccsc2)cc1. The molecule has 0 aliphatic heterocycles. The van der Waals surface area contributed by atoms with Crippen LogP contribution in [0.3, 0.4) is 0 Å². The average molecular weight is 274 g/mol. The van der Waals surface area contributed by atoms with Crippen LogP contribution in [0.2, 0.25) is 0 Å². The van der Waals surface area contributed by atoms with E-state index in [1.165, 1.54) is 5.56 Å². The topological polar surface area (TPSA) is 41.1 Å². The Morgan fingerprint density at radius 2 is 1.95 bits per heavy atom. The van der Waals surface area contributed by atoms with E-state index in [2.05, 4.69) is 27.5 Å². The van der Waals surface area contributed by atoms with Crippen molar-refractivity contribution in [1.82, 2.24) is 5.32 Å². The van der Waals surface area contributed by atoms with E-state index in [4.69, 9.17) is 0 Å². The summed E-state index contributed by atoms with van der Waals surface area (Å²) < 4.78 is 0. The lowest BCUT2D eigenvalue weighted by atomic mass is 10.1. The van der Waals surface area contributed by atoms with Gasteiger partial charge in [0.25, 0.3) is 0 Å². The normalized spacial score (nSPS) is 10.2. The molecule has 0 spiro atoms. The standard InChI is InChI=1S/C15H18N2OS/c1-2-16-15(18)9-12-3-5-14(6-4-12)17-10-13-7-8-19-11-13/h3-8,11,17H,2,9-10H2,1H3,(H,16,18). The van der Waals surface area contributed by atoms with Crippen molar-refractivity contribution in [1.29, 1.82) is 0 Å². The molecule has 0 aliphatic carbocycles. The van der Waals surface area contributed by atoms with Gasteiger partial charge < -0.3 is 10.6 Å². The summed E-state index contributed by atoms with van der Waals surface area (Å²) in [5.41, 5.74) is 3.40. The zero-order valence-electron chi connectivity index (χ0n) is 11.0. The highest BCUT2D eigenvalue weighted by molar-refractivity contribution is 7.07. The summed E-state index contributed by atoms with van der Waals surface area (Å²) in [6.07, 6.45) is 0.443. The van der Waals surface area contributed by atoms with Crippen molar-refractivity contribution in [2.75, 3.05) is 11.9 Å². The Balaban J connectivity index is 1.85. The van der Waals surface area contributed by atoms with E-state index in [1.807, 2.05) is 31.2 Å². The van der Waals surface area contributed by atoms with Crippen LogP contribution in [0.1, 0.15) is 18.1 Å². The molecule has 2 N–H and O–H groups in total. The van der Waals surface area contributed by atoms with Crippen LogP contribution in [0, 0.1) is 0 Å². The fourth-order valence-corrected chi connectivity index (χ4v) is 2.45. The van der Waals surface area contributed by atoms with Gasteiger partial charge in [0.15, 0.2) is 0 Å². The lowest BCUT2D eigenvalue weighted by Gasteiger charge is -2.07. The van der Waals surface area contributed by atoms with Gasteiger partial charge in [0.2, 0.25) is 5.91 Å². The lowest BCUT2D eigenvalue weighted by molar-refractivity contribution is -0.120. The van der Waals surface area contributed by atoms with Gasteiger partial charge >= 0.3 is 0 Å². The molecule has 3 nitrogen and oxygen atoms in total. The maximum absolute atomic E-state index is 11.5. The molecule has 1 amide bonds. The highest BCUT2D eigenvalue weighted by Crippen LogP contribution is 2.13. The first-order chi connectivity index (χ1) is 9.28. The van der Waals surface area contributed by atoms with Crippen LogP contribution < -0.4 is 10.6 Å². The molecular weight excluding hydrogens is 256 g/mol. The molecule has 0 bridgehead atoms. The average Bonchev–Trinajstić information content (AvgIpc) is 2.91. The predicted molar refractivity (Wildman–Crippen MR) is 80.5 cm³/mol. The third kappa shape index (κ3) is 4.41. The molecule has 100 valence electrons. The second kappa shape index (κ2) is 6.95. The zero-order chi connectivity index (χ0) is 13.5. The number of carbonyl (C=O) groups excluding carboxylic acids is 1. The maximum atomic E-state index is 11.5. The summed E-state index contributed by atoms with van der Waals surface area (Å²) in [6, 6.07) is 10.1. The Labute approximate surface area is 117 Å². The number of hydrogen-bond donors (Lipinski definition) is 2. The van der Waals surface area contributed by atoms with Gasteiger partial charge in [-0.3, -0.25) is 4.79 Å². The molecule has 19 heavy (non-hydrogen) atoms. The molecule has 2 aromatic rings. The lowest BCUT2D eigenvalue weighted by Crippen LogP contribution is -2.24. The third-order valence-corrected chi connectivity index (χ3v) is 3.50. The first-order valence-corrected chi connectivity index (χ1v) is 7.33. The van der Waals surface area contributed by atoms with Gasteiger partial charge in [-0.2, -0.15) is 11.3 Å². The maximum Gasteiger partial charge on any atom is 0.224 e. The van der Waals surface area contributed by atoms with Crippen LogP contribution in [0.15, 0.2) is 41.1 Å². The number of likely N-dealkylation sites (N-methyl/N-ethyl adjacent to an activating group) is 1. The molecule has 0 fully saturated rings. The second-order valence-electron chi connectivity index (χ2n) is 4.31. The minimum absolute atomic E-state index is 0.0708. The first kappa shape index (κ1) is 13.6. The van der Waals surface area contributed by atoms with Crippen molar-refractivity contribution in [3.05, 3.63) is 52.2 Å². The second-order valence-corrected chi connectivity index (χ2v) is 5.09. The van der Waals surface area contributed by atoms with E-state index in [1.54, 1.807) is 11.3 Å². The first-order valence-electron chi connectivity index (χ1n) is 6.38. The number of nitrogens with one attached hydrogen (secondary N) is 2. The van der Waals surface area contributed by atoms with Crippen LogP contribution in [0.5, 0.6) is 0 Å². The summed E-state index contributed by atoms with van der Waals surface area (Å²) in [6.45, 7) is 3.44. The molecule has 0 aliphatic rings. The highest BCUT2D eigenvalue weighted by atomic mass is 32.1. The largest absolute Gasteiger partial charge is 0.381 e. The number of thiophene rings is 1. The van der Waals surface area contributed by atoms with E-state index in [0.717, 1.165) is 17.8 Å². The minimum atomic E-state index is 0.0708. The monoisotopic (exact) mass is 274 g/mol. The van der Waals surface area contributed by atoms with Crippen LogP contribution in [0.25, 0.3) is 0 Å². The van der Waals surface area contributed by atoms with Crippen molar-refractivity contribution in [3.63, 3.8) is 0 Å². The van der Waals surface area contributed by atoms with Crippen molar-refractivity contribution in [2.45, 2.75) is 19.9 Å². The van der Waals surface area contributed by atoms with Crippen molar-refractivity contribution in [3.8, 4) is 0 Å². The summed E-state index contributed by atoms with van der Waals surface area (Å²) >= 11 is 1.70. The molecule has 0 saturated heterocycles. The molecule has 2 rings (SSSR count). The Morgan fingerprint density at radius 1 is 1.16 bits per heavy atom. The van der Waals surface area contributed by atoms with Crippen LogP contribution in [-0.4, -0.2) is 12.5 Å². The summed E-state index contributed by atoms with van der Waals surface area (Å²) in [7, 11) is 0. The number of carbonyl (C=O) groups is 1. The number of amides is 1. The Bertz CT molecular complexity index is 505. The molecule has 0 unspecified atom stereocenters. The zero-order valence-corrected chi connectivity index (χ0v) is 11.8. The fraction of sp³-hybridized carbons (Fsp3) is 0.267. The van der Waals surface area contributed by atoms with E-state index < -0.39 is 0 Å². The van der Waals surface area contributed by atoms with E-state index in [-0.39, 0.29) is 5.91 Å². The molecule has 4 heteroatoms. The number of anilines is 1. The Hall–Kier alpha value is -1.81. The molecule has 0 saturated carbocycles. The Morgan fingerprint density at radius 3 is 2.58 bits per heavy atom. The van der Waals surface area contributed by atoms with Crippen LogP contribution >= 0.6 is 11.3 Å². The number of benzene rings is 1. The predicted octanol–water partition coefficient (Wildman–Crippen LogP) is 3.04. The van der Waals surface area contributed by atoms with Gasteiger partial charge in [-0.05, 0) is 47.0 Å². The van der Waals surface area contributed by atoms with Gasteiger partial charge in [-0.25, -0.2) is 0 Å². The molecule has 1 aromatic heterocycles. The molecule has 1 aromatic carbocycles. The minimum Gasteiger partial charge on any atom is -0.381 e. The summed E-state index contributed by atoms with van der Waals surface area (Å²) in [5.74, 6) is 0.0708. The number of hydrogen-bond acceptors (Lipinski definition) is 3. The summed E-state index contributed by atoms with van der Waals surface area (Å²) in [4.78, 5) is 11.5. The molecule has 1 heterocycles. The summed E-state index contributed by atoms with van der Waals surface area (Å²) in [5, 5.41) is 10.4. The van der Waals surface area contributed by atoms with Crippen LogP contribution in [0.4, 0.5) is 5.69 Å². The highest BCUT2D eigenvalue weighted by Gasteiger charge is 2.01. The van der Waals surface area contributed by atoms with Gasteiger partial charge in [0.1, 0.15) is 0 Å². The van der Waals surface area contributed by atoms with Gasteiger partial charge in [-0.1, -0.05) is 12.1 Å². The quantitative estimate of drug-likeness (QED) is 0.850. The Kier molecular flexibility index (Phi) is 4.98. The van der Waals surface area contributed by atoms with Crippen molar-refractivity contribution < 1.29 is 4.79 Å². The third-order valence-electron chi connectivity index (χ3n) is 2.77. The molecule has 0 radical (unpaired) electrons. The fourth-order valence-electron chi connectivity index (χ4n) is 1.78. The smallest absolute Gasteiger partial charge is 0.224 e. The van der Waals surface area contributed by atoms with E-state index in [9.17, 15) is 4.79 Å². The molecular formula is C15H18N2OS. The van der Waals surface area contributed by atoms with Gasteiger partial charge in [0, 0.05) is 18.8 Å². The number of rotatable bonds is 6. The van der Waals surface area contributed by atoms with Gasteiger partial charge in [-0.15, -0.1) is 0 Å².